The monoisotopic (exact) mass is 256 g/mol. The fourth-order valence-electron chi connectivity index (χ4n) is 2.12. The van der Waals surface area contributed by atoms with Crippen LogP contribution in [0.3, 0.4) is 0 Å². The van der Waals surface area contributed by atoms with Crippen molar-refractivity contribution < 1.29 is 4.79 Å². The fraction of sp³-hybridized carbons (Fsp3) is 0.312. The number of rotatable bonds is 4. The number of hydrogen-bond donors (Lipinski definition) is 1. The minimum atomic E-state index is -0.0187. The summed E-state index contributed by atoms with van der Waals surface area (Å²) in [6.07, 6.45) is 0.952. The summed E-state index contributed by atoms with van der Waals surface area (Å²) in [4.78, 5) is 13.6. The van der Waals surface area contributed by atoms with E-state index in [0.29, 0.717) is 6.54 Å². The minimum Gasteiger partial charge on any atom is -0.338 e. The molecule has 0 aliphatic heterocycles. The Morgan fingerprint density at radius 3 is 2.68 bits per heavy atom. The molecule has 0 aliphatic carbocycles. The molecule has 1 N–H and O–H groups in total. The number of fused-ring (bicyclic) bond motifs is 1. The molecule has 0 heterocycles. The Hall–Kier alpha value is -2.03. The van der Waals surface area contributed by atoms with Crippen molar-refractivity contribution in [2.24, 2.45) is 0 Å². The highest BCUT2D eigenvalue weighted by Crippen LogP contribution is 2.19. The van der Waals surface area contributed by atoms with Gasteiger partial charge in [0.15, 0.2) is 0 Å². The van der Waals surface area contributed by atoms with Crippen LogP contribution in [0.1, 0.15) is 18.9 Å². The summed E-state index contributed by atoms with van der Waals surface area (Å²) < 4.78 is 0. The van der Waals surface area contributed by atoms with E-state index in [2.05, 4.69) is 29.6 Å². The average molecular weight is 256 g/mol. The molecule has 0 spiro atoms. The van der Waals surface area contributed by atoms with Gasteiger partial charge in [-0.15, -0.1) is 0 Å². The van der Waals surface area contributed by atoms with Gasteiger partial charge >= 0.3 is 6.03 Å². The van der Waals surface area contributed by atoms with Crippen LogP contribution in [-0.2, 0) is 6.54 Å². The summed E-state index contributed by atoms with van der Waals surface area (Å²) in [5.74, 6) is 0. The number of amides is 2. The normalized spacial score (nSPS) is 10.4. The van der Waals surface area contributed by atoms with E-state index in [1.165, 1.54) is 16.3 Å². The third kappa shape index (κ3) is 3.25. The van der Waals surface area contributed by atoms with Gasteiger partial charge in [-0.25, -0.2) is 4.79 Å². The Bertz CT molecular complexity index is 560. The topological polar surface area (TPSA) is 32.3 Å². The number of carbonyl (C=O) groups is 1. The first-order valence-corrected chi connectivity index (χ1v) is 6.68. The van der Waals surface area contributed by atoms with Gasteiger partial charge in [0.25, 0.3) is 0 Å². The van der Waals surface area contributed by atoms with Crippen molar-refractivity contribution in [2.45, 2.75) is 19.9 Å². The second-order valence-corrected chi connectivity index (χ2v) is 4.73. The van der Waals surface area contributed by atoms with Crippen molar-refractivity contribution in [2.75, 3.05) is 13.6 Å². The molecule has 2 aromatic carbocycles. The van der Waals surface area contributed by atoms with Crippen LogP contribution < -0.4 is 5.32 Å². The van der Waals surface area contributed by atoms with E-state index < -0.39 is 0 Å². The van der Waals surface area contributed by atoms with Crippen LogP contribution in [0, 0.1) is 0 Å². The maximum absolute atomic E-state index is 11.9. The van der Waals surface area contributed by atoms with E-state index in [4.69, 9.17) is 0 Å². The molecule has 0 unspecified atom stereocenters. The molecule has 0 bridgehead atoms. The molecule has 0 fully saturated rings. The van der Waals surface area contributed by atoms with Gasteiger partial charge in [-0.3, -0.25) is 0 Å². The van der Waals surface area contributed by atoms with Gasteiger partial charge in [0.2, 0.25) is 0 Å². The molecule has 2 rings (SSSR count). The molecule has 100 valence electrons. The SMILES string of the molecule is CCCNC(=O)N(C)Cc1cccc2ccccc12. The van der Waals surface area contributed by atoms with Crippen LogP contribution in [0.25, 0.3) is 10.8 Å². The predicted molar refractivity (Wildman–Crippen MR) is 79.1 cm³/mol. The van der Waals surface area contributed by atoms with E-state index in [-0.39, 0.29) is 6.03 Å². The molecule has 3 nitrogen and oxygen atoms in total. The van der Waals surface area contributed by atoms with Crippen molar-refractivity contribution in [3.63, 3.8) is 0 Å². The zero-order valence-electron chi connectivity index (χ0n) is 11.5. The molecule has 0 radical (unpaired) electrons. The van der Waals surface area contributed by atoms with E-state index in [1.807, 2.05) is 32.2 Å². The van der Waals surface area contributed by atoms with Gasteiger partial charge in [-0.1, -0.05) is 49.4 Å². The standard InChI is InChI=1S/C16H20N2O/c1-3-11-17-16(19)18(2)12-14-9-6-8-13-7-4-5-10-15(13)14/h4-10H,3,11-12H2,1-2H3,(H,17,19). The number of urea groups is 1. The number of benzene rings is 2. The molecule has 0 atom stereocenters. The molecule has 0 saturated carbocycles. The maximum atomic E-state index is 11.9. The maximum Gasteiger partial charge on any atom is 0.317 e. The third-order valence-corrected chi connectivity index (χ3v) is 3.16. The van der Waals surface area contributed by atoms with Crippen molar-refractivity contribution in [3.05, 3.63) is 48.0 Å². The van der Waals surface area contributed by atoms with Crippen LogP contribution in [0.2, 0.25) is 0 Å². The Kier molecular flexibility index (Phi) is 4.39. The first kappa shape index (κ1) is 13.4. The lowest BCUT2D eigenvalue weighted by atomic mass is 10.0. The second kappa shape index (κ2) is 6.23. The zero-order chi connectivity index (χ0) is 13.7. The quantitative estimate of drug-likeness (QED) is 0.893. The molecule has 3 heteroatoms. The van der Waals surface area contributed by atoms with Crippen LogP contribution >= 0.6 is 0 Å². The van der Waals surface area contributed by atoms with E-state index >= 15 is 0 Å². The van der Waals surface area contributed by atoms with Gasteiger partial charge in [0.05, 0.1) is 0 Å². The first-order valence-electron chi connectivity index (χ1n) is 6.68. The Morgan fingerprint density at radius 2 is 1.89 bits per heavy atom. The minimum absolute atomic E-state index is 0.0187. The molecule has 2 aromatic rings. The summed E-state index contributed by atoms with van der Waals surface area (Å²) in [6.45, 7) is 3.39. The van der Waals surface area contributed by atoms with Crippen molar-refractivity contribution in [3.8, 4) is 0 Å². The number of hydrogen-bond acceptors (Lipinski definition) is 1. The molecule has 0 aromatic heterocycles. The lowest BCUT2D eigenvalue weighted by Gasteiger charge is -2.19. The predicted octanol–water partition coefficient (Wildman–Crippen LogP) is 3.39. The highest BCUT2D eigenvalue weighted by Gasteiger charge is 2.09. The van der Waals surface area contributed by atoms with Gasteiger partial charge in [0.1, 0.15) is 0 Å². The summed E-state index contributed by atoms with van der Waals surface area (Å²) in [7, 11) is 1.83. The Morgan fingerprint density at radius 1 is 1.16 bits per heavy atom. The highest BCUT2D eigenvalue weighted by molar-refractivity contribution is 5.86. The van der Waals surface area contributed by atoms with Crippen LogP contribution in [0.15, 0.2) is 42.5 Å². The smallest absolute Gasteiger partial charge is 0.317 e. The number of carbonyl (C=O) groups excluding carboxylic acids is 1. The molecule has 2 amide bonds. The van der Waals surface area contributed by atoms with Crippen LogP contribution in [0.4, 0.5) is 4.79 Å². The third-order valence-electron chi connectivity index (χ3n) is 3.16. The fourth-order valence-corrected chi connectivity index (χ4v) is 2.12. The number of nitrogens with zero attached hydrogens (tertiary/aromatic N) is 1. The number of nitrogens with one attached hydrogen (secondary N) is 1. The molecule has 0 saturated heterocycles. The largest absolute Gasteiger partial charge is 0.338 e. The molecular formula is C16H20N2O. The van der Waals surface area contributed by atoms with Crippen LogP contribution in [0.5, 0.6) is 0 Å². The van der Waals surface area contributed by atoms with Crippen molar-refractivity contribution in [1.29, 1.82) is 0 Å². The average Bonchev–Trinajstić information content (AvgIpc) is 2.45. The summed E-state index contributed by atoms with van der Waals surface area (Å²) in [6, 6.07) is 14.4. The van der Waals surface area contributed by atoms with E-state index in [9.17, 15) is 4.79 Å². The lowest BCUT2D eigenvalue weighted by Crippen LogP contribution is -2.37. The van der Waals surface area contributed by atoms with E-state index in [1.54, 1.807) is 4.90 Å². The van der Waals surface area contributed by atoms with Gasteiger partial charge < -0.3 is 10.2 Å². The Labute approximate surface area is 114 Å². The second-order valence-electron chi connectivity index (χ2n) is 4.73. The highest BCUT2D eigenvalue weighted by atomic mass is 16.2. The first-order chi connectivity index (χ1) is 9.22. The van der Waals surface area contributed by atoms with Crippen LogP contribution in [-0.4, -0.2) is 24.5 Å². The Balaban J connectivity index is 2.15. The molecule has 19 heavy (non-hydrogen) atoms. The zero-order valence-corrected chi connectivity index (χ0v) is 11.5. The van der Waals surface area contributed by atoms with E-state index in [0.717, 1.165) is 13.0 Å². The summed E-state index contributed by atoms with van der Waals surface area (Å²) in [5, 5.41) is 5.31. The van der Waals surface area contributed by atoms with Gasteiger partial charge in [-0.2, -0.15) is 0 Å². The molecular weight excluding hydrogens is 236 g/mol. The summed E-state index contributed by atoms with van der Waals surface area (Å²) in [5.41, 5.74) is 1.17. The lowest BCUT2D eigenvalue weighted by molar-refractivity contribution is 0.207. The van der Waals surface area contributed by atoms with Crippen molar-refractivity contribution in [1.82, 2.24) is 10.2 Å². The summed E-state index contributed by atoms with van der Waals surface area (Å²) >= 11 is 0. The van der Waals surface area contributed by atoms with Gasteiger partial charge in [-0.05, 0) is 22.8 Å². The van der Waals surface area contributed by atoms with Crippen molar-refractivity contribution >= 4 is 16.8 Å². The van der Waals surface area contributed by atoms with Gasteiger partial charge in [0, 0.05) is 20.1 Å². The molecule has 0 aliphatic rings.